The number of hydrogen-bond donors (Lipinski definition) is 0. The average molecular weight is 215 g/mol. The highest BCUT2D eigenvalue weighted by Gasteiger charge is 2.15. The molecule has 16 heavy (non-hydrogen) atoms. The Morgan fingerprint density at radius 1 is 1.31 bits per heavy atom. The van der Waals surface area contributed by atoms with Gasteiger partial charge in [0.05, 0.1) is 11.1 Å². The lowest BCUT2D eigenvalue weighted by atomic mass is 10.1. The van der Waals surface area contributed by atoms with E-state index in [1.165, 1.54) is 0 Å². The second-order valence-electron chi connectivity index (χ2n) is 3.57. The standard InChI is InChI=1S/C12H9NO3/c1-2-8-10-11(16-13-8)7-5-3-4-6-9(7)15-12(10)14/h3-6H,2H2,1H3. The summed E-state index contributed by atoms with van der Waals surface area (Å²) in [6.07, 6.45) is 0.649. The summed E-state index contributed by atoms with van der Waals surface area (Å²) in [5.74, 6) is 0. The Labute approximate surface area is 90.5 Å². The van der Waals surface area contributed by atoms with Crippen molar-refractivity contribution in [2.45, 2.75) is 13.3 Å². The molecular formula is C12H9NO3. The first kappa shape index (κ1) is 9.15. The van der Waals surface area contributed by atoms with Crippen molar-refractivity contribution in [2.24, 2.45) is 0 Å². The van der Waals surface area contributed by atoms with Gasteiger partial charge in [-0.3, -0.25) is 0 Å². The van der Waals surface area contributed by atoms with Crippen LogP contribution in [0.1, 0.15) is 12.6 Å². The second-order valence-corrected chi connectivity index (χ2v) is 3.57. The molecule has 0 aliphatic heterocycles. The molecule has 3 rings (SSSR count). The number of hydrogen-bond acceptors (Lipinski definition) is 4. The fourth-order valence-electron chi connectivity index (χ4n) is 1.85. The highest BCUT2D eigenvalue weighted by atomic mass is 16.5. The van der Waals surface area contributed by atoms with E-state index in [-0.39, 0.29) is 5.63 Å². The summed E-state index contributed by atoms with van der Waals surface area (Å²) in [5.41, 5.74) is 1.31. The Hall–Kier alpha value is -2.10. The van der Waals surface area contributed by atoms with Crippen molar-refractivity contribution in [2.75, 3.05) is 0 Å². The van der Waals surface area contributed by atoms with E-state index in [4.69, 9.17) is 8.94 Å². The summed E-state index contributed by atoms with van der Waals surface area (Å²) < 4.78 is 10.4. The van der Waals surface area contributed by atoms with E-state index >= 15 is 0 Å². The van der Waals surface area contributed by atoms with Gasteiger partial charge in [0.15, 0.2) is 5.58 Å². The maximum Gasteiger partial charge on any atom is 0.349 e. The van der Waals surface area contributed by atoms with Gasteiger partial charge in [0.25, 0.3) is 0 Å². The fourth-order valence-corrected chi connectivity index (χ4v) is 1.85. The van der Waals surface area contributed by atoms with Gasteiger partial charge in [0.2, 0.25) is 0 Å². The van der Waals surface area contributed by atoms with E-state index in [0.717, 1.165) is 5.39 Å². The number of aryl methyl sites for hydroxylation is 1. The molecule has 4 heteroatoms. The van der Waals surface area contributed by atoms with Crippen LogP contribution in [0.4, 0.5) is 0 Å². The first-order valence-electron chi connectivity index (χ1n) is 5.11. The maximum atomic E-state index is 11.8. The van der Waals surface area contributed by atoms with E-state index < -0.39 is 0 Å². The second kappa shape index (κ2) is 3.20. The number of benzene rings is 1. The van der Waals surface area contributed by atoms with Crippen LogP contribution in [-0.2, 0) is 6.42 Å². The minimum absolute atomic E-state index is 0.383. The highest BCUT2D eigenvalue weighted by Crippen LogP contribution is 2.24. The maximum absolute atomic E-state index is 11.8. The third-order valence-electron chi connectivity index (χ3n) is 2.64. The van der Waals surface area contributed by atoms with E-state index in [1.54, 1.807) is 6.07 Å². The molecule has 1 aromatic carbocycles. The molecule has 0 unspecified atom stereocenters. The van der Waals surface area contributed by atoms with Crippen molar-refractivity contribution in [1.29, 1.82) is 0 Å². The molecule has 0 N–H and O–H groups in total. The fraction of sp³-hybridized carbons (Fsp3) is 0.167. The molecule has 0 fully saturated rings. The molecule has 0 saturated heterocycles. The van der Waals surface area contributed by atoms with Crippen molar-refractivity contribution in [1.82, 2.24) is 5.16 Å². The topological polar surface area (TPSA) is 56.2 Å². The van der Waals surface area contributed by atoms with Crippen LogP contribution in [0, 0.1) is 0 Å². The Morgan fingerprint density at radius 2 is 2.12 bits per heavy atom. The Bertz CT molecular complexity index is 724. The summed E-state index contributed by atoms with van der Waals surface area (Å²) in [5, 5.41) is 5.13. The Balaban J connectivity index is 2.61. The van der Waals surface area contributed by atoms with Gasteiger partial charge in [-0.05, 0) is 18.6 Å². The van der Waals surface area contributed by atoms with Crippen LogP contribution in [0.3, 0.4) is 0 Å². The summed E-state index contributed by atoms with van der Waals surface area (Å²) >= 11 is 0. The normalized spacial score (nSPS) is 11.3. The number of rotatable bonds is 1. The molecule has 80 valence electrons. The van der Waals surface area contributed by atoms with Gasteiger partial charge in [-0.25, -0.2) is 4.79 Å². The molecule has 0 aliphatic rings. The van der Waals surface area contributed by atoms with E-state index in [2.05, 4.69) is 5.16 Å². The minimum Gasteiger partial charge on any atom is -0.422 e. The predicted octanol–water partition coefficient (Wildman–Crippen LogP) is 2.50. The quantitative estimate of drug-likeness (QED) is 0.585. The first-order chi connectivity index (χ1) is 7.81. The van der Waals surface area contributed by atoms with Crippen molar-refractivity contribution >= 4 is 21.9 Å². The van der Waals surface area contributed by atoms with E-state index in [0.29, 0.717) is 28.7 Å². The minimum atomic E-state index is -0.383. The third-order valence-corrected chi connectivity index (χ3v) is 2.64. The SMILES string of the molecule is CCc1noc2c1c(=O)oc1ccccc12. The van der Waals surface area contributed by atoms with Crippen LogP contribution in [0.5, 0.6) is 0 Å². The molecule has 2 heterocycles. The van der Waals surface area contributed by atoms with Crippen LogP contribution in [0.15, 0.2) is 38.0 Å². The highest BCUT2D eigenvalue weighted by molar-refractivity contribution is 6.01. The van der Waals surface area contributed by atoms with Crippen LogP contribution < -0.4 is 5.63 Å². The van der Waals surface area contributed by atoms with Crippen molar-refractivity contribution in [3.63, 3.8) is 0 Å². The van der Waals surface area contributed by atoms with Gasteiger partial charge in [-0.15, -0.1) is 0 Å². The van der Waals surface area contributed by atoms with Crippen LogP contribution in [0.2, 0.25) is 0 Å². The number of aromatic nitrogens is 1. The van der Waals surface area contributed by atoms with Gasteiger partial charge in [-0.1, -0.05) is 24.2 Å². The molecule has 0 radical (unpaired) electrons. The van der Waals surface area contributed by atoms with Gasteiger partial charge in [-0.2, -0.15) is 0 Å². The van der Waals surface area contributed by atoms with Crippen molar-refractivity contribution in [3.05, 3.63) is 40.4 Å². The molecule has 2 aromatic heterocycles. The molecule has 0 spiro atoms. The van der Waals surface area contributed by atoms with Crippen LogP contribution in [0.25, 0.3) is 21.9 Å². The largest absolute Gasteiger partial charge is 0.422 e. The lowest BCUT2D eigenvalue weighted by Crippen LogP contribution is -2.00. The number of nitrogens with zero attached hydrogens (tertiary/aromatic N) is 1. The third kappa shape index (κ3) is 1.10. The van der Waals surface area contributed by atoms with E-state index in [9.17, 15) is 4.79 Å². The number of fused-ring (bicyclic) bond motifs is 3. The molecule has 0 aliphatic carbocycles. The lowest BCUT2D eigenvalue weighted by Gasteiger charge is -1.95. The summed E-state index contributed by atoms with van der Waals surface area (Å²) in [6, 6.07) is 7.28. The first-order valence-corrected chi connectivity index (χ1v) is 5.11. The molecule has 0 atom stereocenters. The zero-order valence-electron chi connectivity index (χ0n) is 8.69. The van der Waals surface area contributed by atoms with Gasteiger partial charge in [0, 0.05) is 0 Å². The molecule has 3 aromatic rings. The van der Waals surface area contributed by atoms with Crippen LogP contribution >= 0.6 is 0 Å². The monoisotopic (exact) mass is 215 g/mol. The molecule has 0 bridgehead atoms. The summed E-state index contributed by atoms with van der Waals surface area (Å²) in [6.45, 7) is 1.92. The lowest BCUT2D eigenvalue weighted by molar-refractivity contribution is 0.448. The molecule has 0 saturated carbocycles. The zero-order chi connectivity index (χ0) is 11.1. The molecular weight excluding hydrogens is 206 g/mol. The zero-order valence-corrected chi connectivity index (χ0v) is 8.69. The predicted molar refractivity (Wildman–Crippen MR) is 59.4 cm³/mol. The molecule has 4 nitrogen and oxygen atoms in total. The smallest absolute Gasteiger partial charge is 0.349 e. The van der Waals surface area contributed by atoms with Crippen molar-refractivity contribution < 1.29 is 8.94 Å². The van der Waals surface area contributed by atoms with Gasteiger partial charge >= 0.3 is 5.63 Å². The van der Waals surface area contributed by atoms with Crippen LogP contribution in [-0.4, -0.2) is 5.16 Å². The van der Waals surface area contributed by atoms with Gasteiger partial charge in [0.1, 0.15) is 11.0 Å². The summed E-state index contributed by atoms with van der Waals surface area (Å²) in [7, 11) is 0. The Kier molecular flexibility index (Phi) is 1.83. The number of para-hydroxylation sites is 1. The Morgan fingerprint density at radius 3 is 2.94 bits per heavy atom. The average Bonchev–Trinajstić information content (AvgIpc) is 2.74. The summed E-state index contributed by atoms with van der Waals surface area (Å²) in [4.78, 5) is 11.8. The molecule has 0 amide bonds. The van der Waals surface area contributed by atoms with Crippen molar-refractivity contribution in [3.8, 4) is 0 Å². The van der Waals surface area contributed by atoms with Gasteiger partial charge < -0.3 is 8.94 Å². The van der Waals surface area contributed by atoms with E-state index in [1.807, 2.05) is 25.1 Å².